The molecule has 112 valence electrons. The second-order valence-corrected chi connectivity index (χ2v) is 5.52. The van der Waals surface area contributed by atoms with Crippen molar-refractivity contribution < 1.29 is 14.3 Å². The van der Waals surface area contributed by atoms with Gasteiger partial charge in [-0.1, -0.05) is 0 Å². The summed E-state index contributed by atoms with van der Waals surface area (Å²) in [5.41, 5.74) is 0.681. The number of hydrogen-bond acceptors (Lipinski definition) is 4. The fourth-order valence-electron chi connectivity index (χ4n) is 1.43. The maximum atomic E-state index is 11.7. The van der Waals surface area contributed by atoms with E-state index in [-0.39, 0.29) is 18.0 Å². The summed E-state index contributed by atoms with van der Waals surface area (Å²) in [4.78, 5) is 11.7. The molecule has 0 bridgehead atoms. The van der Waals surface area contributed by atoms with Crippen LogP contribution in [0, 0.1) is 0 Å². The van der Waals surface area contributed by atoms with E-state index < -0.39 is 0 Å². The van der Waals surface area contributed by atoms with E-state index >= 15 is 0 Å². The zero-order valence-electron chi connectivity index (χ0n) is 12.7. The van der Waals surface area contributed by atoms with Crippen LogP contribution in [0.25, 0.3) is 0 Å². The van der Waals surface area contributed by atoms with E-state index in [1.54, 1.807) is 7.11 Å². The van der Waals surface area contributed by atoms with Crippen LogP contribution in [-0.2, 0) is 9.53 Å². The second kappa shape index (κ2) is 7.87. The van der Waals surface area contributed by atoms with Gasteiger partial charge in [0.25, 0.3) is 0 Å². The lowest BCUT2D eigenvalue weighted by Gasteiger charge is -2.20. The molecule has 1 amide bonds. The lowest BCUT2D eigenvalue weighted by Crippen LogP contribution is -2.41. The molecule has 0 fully saturated rings. The predicted octanol–water partition coefficient (Wildman–Crippen LogP) is 2.04. The maximum absolute atomic E-state index is 11.7. The van der Waals surface area contributed by atoms with Gasteiger partial charge in [0.1, 0.15) is 12.4 Å². The molecule has 5 heteroatoms. The quantitative estimate of drug-likeness (QED) is 0.750. The normalized spacial score (nSPS) is 11.2. The van der Waals surface area contributed by atoms with Gasteiger partial charge in [0.15, 0.2) is 0 Å². The van der Waals surface area contributed by atoms with Crippen LogP contribution in [0.4, 0.5) is 5.69 Å². The molecular formula is C15H24N2O3. The first kappa shape index (κ1) is 16.5. The fraction of sp³-hybridized carbons (Fsp3) is 0.533. The first-order valence-corrected chi connectivity index (χ1v) is 6.67. The number of ether oxygens (including phenoxy) is 2. The highest BCUT2D eigenvalue weighted by Gasteiger charge is 2.11. The fourth-order valence-corrected chi connectivity index (χ4v) is 1.43. The highest BCUT2D eigenvalue weighted by atomic mass is 16.5. The minimum atomic E-state index is -0.0730. The first-order chi connectivity index (χ1) is 9.40. The molecule has 0 unspecified atom stereocenters. The van der Waals surface area contributed by atoms with Gasteiger partial charge in [-0.2, -0.15) is 0 Å². The molecule has 0 heterocycles. The summed E-state index contributed by atoms with van der Waals surface area (Å²) in [5, 5.41) is 5.96. The number of benzene rings is 1. The van der Waals surface area contributed by atoms with E-state index in [2.05, 4.69) is 10.6 Å². The van der Waals surface area contributed by atoms with Crippen molar-refractivity contribution in [3.05, 3.63) is 24.3 Å². The van der Waals surface area contributed by atoms with Gasteiger partial charge in [-0.25, -0.2) is 0 Å². The van der Waals surface area contributed by atoms with Gasteiger partial charge in [0.05, 0.1) is 13.2 Å². The average molecular weight is 280 g/mol. The molecule has 2 N–H and O–H groups in total. The van der Waals surface area contributed by atoms with Crippen molar-refractivity contribution in [3.63, 3.8) is 0 Å². The van der Waals surface area contributed by atoms with Gasteiger partial charge in [-0.15, -0.1) is 0 Å². The van der Waals surface area contributed by atoms with Crippen LogP contribution in [0.15, 0.2) is 24.3 Å². The van der Waals surface area contributed by atoms with Crippen LogP contribution in [0.2, 0.25) is 0 Å². The number of amides is 1. The molecule has 0 aliphatic rings. The Kier molecular flexibility index (Phi) is 6.48. The summed E-state index contributed by atoms with van der Waals surface area (Å²) in [5.74, 6) is 0.695. The Morgan fingerprint density at radius 3 is 2.35 bits per heavy atom. The third-order valence-corrected chi connectivity index (χ3v) is 2.47. The monoisotopic (exact) mass is 280 g/mol. The molecule has 1 rings (SSSR count). The standard InChI is InChI=1S/C15H24N2O3/c1-15(2,3)16-11-14(18)17-12-5-7-13(8-6-12)20-10-9-19-4/h5-8,16H,9-11H2,1-4H3,(H,17,18). The minimum absolute atomic E-state index is 0.0621. The molecule has 0 saturated heterocycles. The van der Waals surface area contributed by atoms with Crippen LogP contribution in [0.3, 0.4) is 0 Å². The molecule has 1 aromatic rings. The zero-order valence-corrected chi connectivity index (χ0v) is 12.7. The summed E-state index contributed by atoms with van der Waals surface area (Å²) < 4.78 is 10.4. The van der Waals surface area contributed by atoms with Crippen molar-refractivity contribution in [2.24, 2.45) is 0 Å². The molecule has 5 nitrogen and oxygen atoms in total. The van der Waals surface area contributed by atoms with Gasteiger partial charge in [-0.05, 0) is 45.0 Å². The number of carbonyl (C=O) groups excluding carboxylic acids is 1. The smallest absolute Gasteiger partial charge is 0.238 e. The number of nitrogens with one attached hydrogen (secondary N) is 2. The number of anilines is 1. The lowest BCUT2D eigenvalue weighted by atomic mass is 10.1. The van der Waals surface area contributed by atoms with Crippen LogP contribution in [0.1, 0.15) is 20.8 Å². The topological polar surface area (TPSA) is 59.6 Å². The molecule has 0 aromatic heterocycles. The van der Waals surface area contributed by atoms with Gasteiger partial charge in [0, 0.05) is 18.3 Å². The summed E-state index contributed by atoms with van der Waals surface area (Å²) in [6.45, 7) is 7.41. The second-order valence-electron chi connectivity index (χ2n) is 5.52. The molecule has 0 aliphatic heterocycles. The highest BCUT2D eigenvalue weighted by Crippen LogP contribution is 2.15. The Labute approximate surface area is 120 Å². The molecule has 0 spiro atoms. The van der Waals surface area contributed by atoms with E-state index in [0.717, 1.165) is 11.4 Å². The molecule has 0 saturated carbocycles. The van der Waals surface area contributed by atoms with Gasteiger partial charge in [0.2, 0.25) is 5.91 Å². The molecule has 20 heavy (non-hydrogen) atoms. The Morgan fingerprint density at radius 2 is 1.80 bits per heavy atom. The largest absolute Gasteiger partial charge is 0.491 e. The number of hydrogen-bond donors (Lipinski definition) is 2. The van der Waals surface area contributed by atoms with Crippen molar-refractivity contribution in [1.82, 2.24) is 5.32 Å². The molecule has 1 aromatic carbocycles. The average Bonchev–Trinajstić information content (AvgIpc) is 2.38. The number of rotatable bonds is 7. The van der Waals surface area contributed by atoms with E-state index in [1.165, 1.54) is 0 Å². The van der Waals surface area contributed by atoms with Crippen LogP contribution < -0.4 is 15.4 Å². The van der Waals surface area contributed by atoms with E-state index in [9.17, 15) is 4.79 Å². The molecule has 0 atom stereocenters. The molecule has 0 aliphatic carbocycles. The lowest BCUT2D eigenvalue weighted by molar-refractivity contribution is -0.115. The van der Waals surface area contributed by atoms with E-state index in [0.29, 0.717) is 13.2 Å². The Hall–Kier alpha value is -1.59. The maximum Gasteiger partial charge on any atom is 0.238 e. The van der Waals surface area contributed by atoms with E-state index in [4.69, 9.17) is 9.47 Å². The SMILES string of the molecule is COCCOc1ccc(NC(=O)CNC(C)(C)C)cc1. The van der Waals surface area contributed by atoms with Crippen LogP contribution in [-0.4, -0.2) is 38.3 Å². The van der Waals surface area contributed by atoms with Crippen molar-refractivity contribution in [1.29, 1.82) is 0 Å². The summed E-state index contributed by atoms with van der Waals surface area (Å²) in [6.07, 6.45) is 0. The third-order valence-electron chi connectivity index (χ3n) is 2.47. The number of methoxy groups -OCH3 is 1. The summed E-state index contributed by atoms with van der Waals surface area (Å²) in [7, 11) is 1.63. The summed E-state index contributed by atoms with van der Waals surface area (Å²) >= 11 is 0. The number of carbonyl (C=O) groups is 1. The summed E-state index contributed by atoms with van der Waals surface area (Å²) in [6, 6.07) is 7.28. The van der Waals surface area contributed by atoms with E-state index in [1.807, 2.05) is 45.0 Å². The Balaban J connectivity index is 2.39. The van der Waals surface area contributed by atoms with Gasteiger partial charge >= 0.3 is 0 Å². The highest BCUT2D eigenvalue weighted by molar-refractivity contribution is 5.92. The third kappa shape index (κ3) is 7.11. The van der Waals surface area contributed by atoms with Crippen molar-refractivity contribution >= 4 is 11.6 Å². The predicted molar refractivity (Wildman–Crippen MR) is 80.2 cm³/mol. The van der Waals surface area contributed by atoms with Gasteiger partial charge in [-0.3, -0.25) is 4.79 Å². The minimum Gasteiger partial charge on any atom is -0.491 e. The Morgan fingerprint density at radius 1 is 1.15 bits per heavy atom. The van der Waals surface area contributed by atoms with Crippen molar-refractivity contribution in [3.8, 4) is 5.75 Å². The molecular weight excluding hydrogens is 256 g/mol. The molecule has 0 radical (unpaired) electrons. The van der Waals surface area contributed by atoms with Gasteiger partial charge < -0.3 is 20.1 Å². The Bertz CT molecular complexity index is 410. The van der Waals surface area contributed by atoms with Crippen LogP contribution >= 0.6 is 0 Å². The zero-order chi connectivity index (χ0) is 15.0. The van der Waals surface area contributed by atoms with Crippen molar-refractivity contribution in [2.75, 3.05) is 32.2 Å². The van der Waals surface area contributed by atoms with Crippen LogP contribution in [0.5, 0.6) is 5.75 Å². The van der Waals surface area contributed by atoms with Crippen molar-refractivity contribution in [2.45, 2.75) is 26.3 Å². The first-order valence-electron chi connectivity index (χ1n) is 6.67.